The molecule has 2 aliphatic carbocycles. The van der Waals surface area contributed by atoms with Gasteiger partial charge in [-0.15, -0.1) is 0 Å². The van der Waals surface area contributed by atoms with Crippen molar-refractivity contribution >= 4 is 11.8 Å². The number of fused-ring (bicyclic) bond motifs is 3. The minimum Gasteiger partial charge on any atom is -0.493 e. The van der Waals surface area contributed by atoms with Crippen molar-refractivity contribution < 1.29 is 19.0 Å². The Balaban J connectivity index is 0.000000195. The van der Waals surface area contributed by atoms with Crippen molar-refractivity contribution in [1.29, 1.82) is 0 Å². The second-order valence-electron chi connectivity index (χ2n) is 19.8. The van der Waals surface area contributed by atoms with Gasteiger partial charge in [0.1, 0.15) is 22.7 Å². The second-order valence-corrected chi connectivity index (χ2v) is 19.8. The van der Waals surface area contributed by atoms with E-state index in [-0.39, 0.29) is 22.5 Å². The average Bonchev–Trinajstić information content (AvgIpc) is 3.17. The highest BCUT2D eigenvalue weighted by atomic mass is 16.5. The van der Waals surface area contributed by atoms with Gasteiger partial charge in [0.05, 0.1) is 12.3 Å². The van der Waals surface area contributed by atoms with Gasteiger partial charge < -0.3 is 19.5 Å². The van der Waals surface area contributed by atoms with E-state index in [1.807, 2.05) is 74.4 Å². The van der Waals surface area contributed by atoms with E-state index in [9.17, 15) is 4.79 Å². The topological polar surface area (TPSA) is 82.0 Å². The molecule has 2 heterocycles. The molecule has 0 bridgehead atoms. The van der Waals surface area contributed by atoms with Crippen LogP contribution in [0.15, 0.2) is 89.9 Å². The first-order valence-electron chi connectivity index (χ1n) is 23.0. The highest BCUT2D eigenvalue weighted by molar-refractivity contribution is 5.81. The molecule has 3 aliphatic rings. The number of benzene rings is 3. The molecule has 4 aromatic rings. The van der Waals surface area contributed by atoms with Crippen LogP contribution in [-0.2, 0) is 16.0 Å². The second kappa shape index (κ2) is 21.4. The van der Waals surface area contributed by atoms with Gasteiger partial charge in [-0.2, -0.15) is 0 Å². The fourth-order valence-corrected chi connectivity index (χ4v) is 7.97. The summed E-state index contributed by atoms with van der Waals surface area (Å²) in [5, 5.41) is 3.08. The molecule has 61 heavy (non-hydrogen) atoms. The van der Waals surface area contributed by atoms with Gasteiger partial charge in [0.25, 0.3) is 0 Å². The van der Waals surface area contributed by atoms with E-state index in [0.29, 0.717) is 18.4 Å². The molecule has 2 saturated carbocycles. The summed E-state index contributed by atoms with van der Waals surface area (Å²) in [5.41, 5.74) is 8.21. The number of aromatic nitrogens is 1. The van der Waals surface area contributed by atoms with E-state index in [4.69, 9.17) is 19.2 Å². The van der Waals surface area contributed by atoms with Crippen LogP contribution >= 0.6 is 0 Å². The third kappa shape index (κ3) is 14.5. The Kier molecular flexibility index (Phi) is 16.7. The van der Waals surface area contributed by atoms with Crippen molar-refractivity contribution in [2.75, 3.05) is 20.2 Å². The van der Waals surface area contributed by atoms with Crippen LogP contribution in [0.1, 0.15) is 156 Å². The highest BCUT2D eigenvalue weighted by Gasteiger charge is 2.38. The predicted molar refractivity (Wildman–Crippen MR) is 254 cm³/mol. The van der Waals surface area contributed by atoms with Gasteiger partial charge in [-0.3, -0.25) is 14.8 Å². The Hall–Kier alpha value is -4.65. The van der Waals surface area contributed by atoms with Gasteiger partial charge in [0.15, 0.2) is 5.90 Å². The average molecular weight is 830 g/mol. The molecule has 3 aromatic carbocycles. The lowest BCUT2D eigenvalue weighted by molar-refractivity contribution is -0.129. The molecule has 330 valence electrons. The smallest absolute Gasteiger partial charge is 0.225 e. The number of hydrogen-bond donors (Lipinski definition) is 1. The molecule has 1 aliphatic heterocycles. The number of unbranched alkanes of at least 4 members (excludes halogenated alkanes) is 2. The lowest BCUT2D eigenvalue weighted by Crippen LogP contribution is -2.37. The number of amides is 1. The van der Waals surface area contributed by atoms with Gasteiger partial charge in [0.2, 0.25) is 5.91 Å². The van der Waals surface area contributed by atoms with Crippen molar-refractivity contribution in [1.82, 2.24) is 10.3 Å². The summed E-state index contributed by atoms with van der Waals surface area (Å²) in [6.45, 7) is 21.8. The number of aliphatic imine (C=N–C) groups is 1. The van der Waals surface area contributed by atoms with Crippen LogP contribution in [0.5, 0.6) is 11.5 Å². The molecule has 1 aromatic heterocycles. The third-order valence-corrected chi connectivity index (χ3v) is 11.9. The summed E-state index contributed by atoms with van der Waals surface area (Å²) >= 11 is 0. The molecule has 0 radical (unpaired) electrons. The van der Waals surface area contributed by atoms with Crippen LogP contribution in [0.2, 0.25) is 0 Å². The van der Waals surface area contributed by atoms with E-state index >= 15 is 0 Å². The minimum absolute atomic E-state index is 0.108. The van der Waals surface area contributed by atoms with E-state index in [1.165, 1.54) is 78.5 Å². The van der Waals surface area contributed by atoms with Crippen molar-refractivity contribution in [3.63, 3.8) is 0 Å². The summed E-state index contributed by atoms with van der Waals surface area (Å²) in [6.07, 6.45) is 11.8. The van der Waals surface area contributed by atoms with E-state index in [1.54, 1.807) is 7.05 Å². The van der Waals surface area contributed by atoms with E-state index < -0.39 is 0 Å². The first-order chi connectivity index (χ1) is 28.9. The number of pyridine rings is 1. The first-order valence-corrected chi connectivity index (χ1v) is 23.0. The number of nitrogens with zero attached hydrogens (tertiary/aromatic N) is 2. The molecule has 2 atom stereocenters. The van der Waals surface area contributed by atoms with Gasteiger partial charge >= 0.3 is 0 Å². The standard InChI is InChI=1S/C26H25NO.C21H35NO2.C7H15NO/c1-2-5-17(6-3-1)24-14-21(15-25(27-24)18-7-4-8-18)19-10-12-26-23(13-19)22-11-9-20(22)16-28-26;1-7-8-9-15-21(5,6)19(23)22-16-14-17-10-12-18(13-11-17)24-20(2,3)4;1-6(8-5)9-7(2,3)4/h1-3,5-6,10,12-15,18,20,22H,4,7-9,11,16H2;10-13H,7-9,14-16H2,1-6H3,(H,22,23);1-5H3. The lowest BCUT2D eigenvalue weighted by Gasteiger charge is -2.41. The molecule has 2 unspecified atom stereocenters. The number of carbonyl (C=O) groups is 1. The van der Waals surface area contributed by atoms with Crippen molar-refractivity contribution in [2.45, 2.75) is 156 Å². The molecule has 2 fully saturated rings. The molecule has 7 heteroatoms. The van der Waals surface area contributed by atoms with Gasteiger partial charge in [0, 0.05) is 49.0 Å². The van der Waals surface area contributed by atoms with Gasteiger partial charge in [-0.1, -0.05) is 95.0 Å². The maximum atomic E-state index is 12.3. The molecule has 0 spiro atoms. The molecule has 0 saturated heterocycles. The zero-order chi connectivity index (χ0) is 44.2. The predicted octanol–water partition coefficient (Wildman–Crippen LogP) is 13.5. The number of carbonyl (C=O) groups excluding carboxylic acids is 1. The molecule has 1 amide bonds. The first kappa shape index (κ1) is 47.4. The summed E-state index contributed by atoms with van der Waals surface area (Å²) in [7, 11) is 1.72. The highest BCUT2D eigenvalue weighted by Crippen LogP contribution is 2.50. The Morgan fingerprint density at radius 2 is 1.54 bits per heavy atom. The Morgan fingerprint density at radius 1 is 0.820 bits per heavy atom. The maximum Gasteiger partial charge on any atom is 0.225 e. The fraction of sp³-hybridized carbons (Fsp3) is 0.537. The van der Waals surface area contributed by atoms with Crippen molar-refractivity contribution in [2.24, 2.45) is 16.3 Å². The van der Waals surface area contributed by atoms with E-state index in [2.05, 4.69) is 90.0 Å². The number of hydrogen-bond acceptors (Lipinski definition) is 6. The molecule has 1 N–H and O–H groups in total. The summed E-state index contributed by atoms with van der Waals surface area (Å²) in [5.74, 6) is 4.93. The fourth-order valence-electron chi connectivity index (χ4n) is 7.97. The SMILES string of the molecule is CCCCCC(C)(C)C(=O)NCCc1ccc(OC(C)(C)C)cc1.CN=C(C)OC(C)(C)C.c1ccc(-c2cc(-c3ccc4c(c3)C3CCC3CO4)cc(C3CCC3)n2)cc1. The van der Waals surface area contributed by atoms with Crippen molar-refractivity contribution in [3.8, 4) is 33.9 Å². The quantitative estimate of drug-likeness (QED) is 0.0874. The summed E-state index contributed by atoms with van der Waals surface area (Å²) < 4.78 is 17.2. The Morgan fingerprint density at radius 3 is 2.11 bits per heavy atom. The number of rotatable bonds is 12. The zero-order valence-electron chi connectivity index (χ0n) is 39.3. The maximum absolute atomic E-state index is 12.3. The van der Waals surface area contributed by atoms with Crippen LogP contribution < -0.4 is 14.8 Å². The van der Waals surface area contributed by atoms with Crippen LogP contribution in [0, 0.1) is 11.3 Å². The zero-order valence-corrected chi connectivity index (χ0v) is 39.3. The number of nitrogens with one attached hydrogen (secondary N) is 1. The van der Waals surface area contributed by atoms with Crippen LogP contribution in [-0.4, -0.2) is 48.2 Å². The number of ether oxygens (including phenoxy) is 3. The van der Waals surface area contributed by atoms with Crippen LogP contribution in [0.25, 0.3) is 22.4 Å². The lowest BCUT2D eigenvalue weighted by atomic mass is 9.68. The Bertz CT molecular complexity index is 2020. The van der Waals surface area contributed by atoms with Gasteiger partial charge in [-0.25, -0.2) is 0 Å². The molecule has 7 nitrogen and oxygen atoms in total. The molecule has 7 rings (SSSR count). The van der Waals surface area contributed by atoms with Crippen molar-refractivity contribution in [3.05, 3.63) is 102 Å². The van der Waals surface area contributed by atoms with E-state index in [0.717, 1.165) is 54.9 Å². The normalized spacial score (nSPS) is 17.3. The Labute approximate surface area is 368 Å². The monoisotopic (exact) mass is 830 g/mol. The van der Waals surface area contributed by atoms with Gasteiger partial charge in [-0.05, 0) is 145 Å². The minimum atomic E-state index is -0.278. The largest absolute Gasteiger partial charge is 0.493 e. The molecular formula is C54H75N3O4. The van der Waals surface area contributed by atoms with Crippen LogP contribution in [0.3, 0.4) is 0 Å². The summed E-state index contributed by atoms with van der Waals surface area (Å²) in [6, 6.07) is 30.1. The third-order valence-electron chi connectivity index (χ3n) is 11.9. The van der Waals surface area contributed by atoms with Crippen LogP contribution in [0.4, 0.5) is 0 Å². The molecular weight excluding hydrogens is 755 g/mol. The summed E-state index contributed by atoms with van der Waals surface area (Å²) in [4.78, 5) is 21.2.